The lowest BCUT2D eigenvalue weighted by molar-refractivity contribution is -0.121. The van der Waals surface area contributed by atoms with Crippen molar-refractivity contribution in [1.29, 1.82) is 0 Å². The normalized spacial score (nSPS) is 18.1. The molecular formula is C24H23FN2O2. The highest BCUT2D eigenvalue weighted by molar-refractivity contribution is 5.96. The Morgan fingerprint density at radius 3 is 2.48 bits per heavy atom. The number of halogens is 1. The van der Waals surface area contributed by atoms with Crippen molar-refractivity contribution in [3.05, 3.63) is 90.2 Å². The molecule has 3 aromatic carbocycles. The van der Waals surface area contributed by atoms with Crippen molar-refractivity contribution in [3.63, 3.8) is 0 Å². The van der Waals surface area contributed by atoms with E-state index in [0.29, 0.717) is 5.75 Å². The van der Waals surface area contributed by atoms with Gasteiger partial charge >= 0.3 is 0 Å². The number of nitrogens with one attached hydrogen (secondary N) is 1. The number of benzene rings is 3. The number of anilines is 2. The molecule has 0 radical (unpaired) electrons. The Morgan fingerprint density at radius 1 is 1.03 bits per heavy atom. The van der Waals surface area contributed by atoms with Crippen LogP contribution in [0.25, 0.3) is 0 Å². The van der Waals surface area contributed by atoms with Gasteiger partial charge in [-0.05, 0) is 61.4 Å². The van der Waals surface area contributed by atoms with Gasteiger partial charge in [0, 0.05) is 17.4 Å². The van der Waals surface area contributed by atoms with Crippen molar-refractivity contribution in [2.75, 3.05) is 16.8 Å². The van der Waals surface area contributed by atoms with Crippen LogP contribution in [0.1, 0.15) is 24.9 Å². The summed E-state index contributed by atoms with van der Waals surface area (Å²) in [6.07, 6.45) is 0.786. The first kappa shape index (κ1) is 19.0. The number of carbonyl (C=O) groups excluding carboxylic acids is 1. The predicted molar refractivity (Wildman–Crippen MR) is 113 cm³/mol. The van der Waals surface area contributed by atoms with Crippen molar-refractivity contribution < 1.29 is 13.9 Å². The summed E-state index contributed by atoms with van der Waals surface area (Å²) in [5.74, 6) is 0.0213. The molecule has 3 aromatic rings. The van der Waals surface area contributed by atoms with Gasteiger partial charge in [-0.25, -0.2) is 4.39 Å². The zero-order valence-electron chi connectivity index (χ0n) is 16.2. The second-order valence-electron chi connectivity index (χ2n) is 7.21. The predicted octanol–water partition coefficient (Wildman–Crippen LogP) is 5.18. The molecule has 148 valence electrons. The summed E-state index contributed by atoms with van der Waals surface area (Å²) in [4.78, 5) is 14.8. The van der Waals surface area contributed by atoms with Crippen LogP contribution in [0.15, 0.2) is 78.9 Å². The molecule has 0 spiro atoms. The third kappa shape index (κ3) is 4.24. The zero-order chi connectivity index (χ0) is 20.2. The molecule has 1 heterocycles. The van der Waals surface area contributed by atoms with Gasteiger partial charge in [0.25, 0.3) is 5.91 Å². The van der Waals surface area contributed by atoms with E-state index in [9.17, 15) is 9.18 Å². The molecular weight excluding hydrogens is 367 g/mol. The van der Waals surface area contributed by atoms with E-state index in [1.165, 1.54) is 24.3 Å². The molecule has 1 aliphatic heterocycles. The average Bonchev–Trinajstić information content (AvgIpc) is 2.74. The summed E-state index contributed by atoms with van der Waals surface area (Å²) in [5, 5.41) is 3.59. The lowest BCUT2D eigenvalue weighted by Crippen LogP contribution is -2.46. The second kappa shape index (κ2) is 8.35. The van der Waals surface area contributed by atoms with Crippen LogP contribution in [0.3, 0.4) is 0 Å². The van der Waals surface area contributed by atoms with Crippen LogP contribution < -0.4 is 15.0 Å². The molecule has 0 bridgehead atoms. The van der Waals surface area contributed by atoms with E-state index in [2.05, 4.69) is 11.4 Å². The molecule has 29 heavy (non-hydrogen) atoms. The number of carbonyl (C=O) groups is 1. The summed E-state index contributed by atoms with van der Waals surface area (Å²) in [7, 11) is 0. The van der Waals surface area contributed by atoms with Crippen LogP contribution in [-0.2, 0) is 4.79 Å². The molecule has 2 atom stereocenters. The Kier molecular flexibility index (Phi) is 5.47. The van der Waals surface area contributed by atoms with Crippen LogP contribution in [0.2, 0.25) is 0 Å². The van der Waals surface area contributed by atoms with Crippen LogP contribution in [0, 0.1) is 5.82 Å². The molecule has 0 aromatic heterocycles. The Balaban J connectivity index is 1.53. The monoisotopic (exact) mass is 390 g/mol. The van der Waals surface area contributed by atoms with Crippen molar-refractivity contribution in [1.82, 2.24) is 0 Å². The first-order chi connectivity index (χ1) is 14.1. The Hall–Kier alpha value is -3.34. The summed E-state index contributed by atoms with van der Waals surface area (Å²) < 4.78 is 18.6. The van der Waals surface area contributed by atoms with E-state index in [1.54, 1.807) is 0 Å². The zero-order valence-corrected chi connectivity index (χ0v) is 16.2. The van der Waals surface area contributed by atoms with Gasteiger partial charge < -0.3 is 15.0 Å². The highest BCUT2D eigenvalue weighted by Crippen LogP contribution is 2.38. The summed E-state index contributed by atoms with van der Waals surface area (Å²) in [6.45, 7) is 1.95. The third-order valence-electron chi connectivity index (χ3n) is 5.15. The molecule has 0 aliphatic carbocycles. The summed E-state index contributed by atoms with van der Waals surface area (Å²) >= 11 is 0. The number of nitrogens with zero attached hydrogens (tertiary/aromatic N) is 1. The number of ether oxygens (including phenoxy) is 1. The lowest BCUT2D eigenvalue weighted by Gasteiger charge is -2.40. The topological polar surface area (TPSA) is 41.6 Å². The average molecular weight is 390 g/mol. The molecule has 4 nitrogen and oxygen atoms in total. The van der Waals surface area contributed by atoms with Gasteiger partial charge in [0.05, 0.1) is 6.04 Å². The molecule has 1 N–H and O–H groups in total. The molecule has 5 heteroatoms. The minimum absolute atomic E-state index is 0.00966. The Morgan fingerprint density at radius 2 is 1.72 bits per heavy atom. The number of para-hydroxylation sites is 2. The number of rotatable bonds is 5. The lowest BCUT2D eigenvalue weighted by atomic mass is 9.91. The van der Waals surface area contributed by atoms with Crippen molar-refractivity contribution in [3.8, 4) is 5.75 Å². The number of amides is 1. The standard InChI is InChI=1S/C24H23FN2O2/c1-17-15-22(26-19-7-3-2-4-8-19)21-9-5-6-10-23(21)27(17)24(28)16-29-20-13-11-18(25)12-14-20/h2-14,17,22,26H,15-16H2,1H3. The highest BCUT2D eigenvalue weighted by Gasteiger charge is 2.33. The van der Waals surface area contributed by atoms with E-state index in [1.807, 2.05) is 60.4 Å². The fraction of sp³-hybridized carbons (Fsp3) is 0.208. The first-order valence-electron chi connectivity index (χ1n) is 9.73. The van der Waals surface area contributed by atoms with Crippen LogP contribution in [0.4, 0.5) is 15.8 Å². The van der Waals surface area contributed by atoms with Gasteiger partial charge in [0.1, 0.15) is 11.6 Å². The molecule has 2 unspecified atom stereocenters. The first-order valence-corrected chi connectivity index (χ1v) is 9.73. The van der Waals surface area contributed by atoms with Crippen molar-refractivity contribution in [2.45, 2.75) is 25.4 Å². The van der Waals surface area contributed by atoms with Gasteiger partial charge in [-0.1, -0.05) is 36.4 Å². The van der Waals surface area contributed by atoms with E-state index in [-0.39, 0.29) is 30.4 Å². The molecule has 0 saturated carbocycles. The maximum absolute atomic E-state index is 13.0. The SMILES string of the molecule is CC1CC(Nc2ccccc2)c2ccccc2N1C(=O)COc1ccc(F)cc1. The number of hydrogen-bond acceptors (Lipinski definition) is 3. The highest BCUT2D eigenvalue weighted by atomic mass is 19.1. The van der Waals surface area contributed by atoms with Gasteiger partial charge in [-0.15, -0.1) is 0 Å². The van der Waals surface area contributed by atoms with Gasteiger partial charge in [-0.3, -0.25) is 4.79 Å². The maximum atomic E-state index is 13.0. The van der Waals surface area contributed by atoms with Crippen molar-refractivity contribution >= 4 is 17.3 Å². The largest absolute Gasteiger partial charge is 0.484 e. The van der Waals surface area contributed by atoms with Crippen LogP contribution in [0.5, 0.6) is 5.75 Å². The van der Waals surface area contributed by atoms with E-state index in [0.717, 1.165) is 23.4 Å². The molecule has 1 aliphatic rings. The quantitative estimate of drug-likeness (QED) is 0.652. The minimum atomic E-state index is -0.334. The summed E-state index contributed by atoms with van der Waals surface area (Å²) in [5.41, 5.74) is 3.04. The van der Waals surface area contributed by atoms with Crippen LogP contribution >= 0.6 is 0 Å². The fourth-order valence-corrected chi connectivity index (χ4v) is 3.81. The Bertz CT molecular complexity index is 976. The third-order valence-corrected chi connectivity index (χ3v) is 5.15. The maximum Gasteiger partial charge on any atom is 0.265 e. The molecule has 1 amide bonds. The van der Waals surface area contributed by atoms with Gasteiger partial charge in [-0.2, -0.15) is 0 Å². The molecule has 4 rings (SSSR count). The van der Waals surface area contributed by atoms with E-state index >= 15 is 0 Å². The van der Waals surface area contributed by atoms with Gasteiger partial charge in [0.2, 0.25) is 0 Å². The van der Waals surface area contributed by atoms with E-state index < -0.39 is 0 Å². The smallest absolute Gasteiger partial charge is 0.265 e. The number of hydrogen-bond donors (Lipinski definition) is 1. The summed E-state index contributed by atoms with van der Waals surface area (Å²) in [6, 6.07) is 23.9. The minimum Gasteiger partial charge on any atom is -0.484 e. The van der Waals surface area contributed by atoms with Crippen molar-refractivity contribution in [2.24, 2.45) is 0 Å². The number of fused-ring (bicyclic) bond motifs is 1. The van der Waals surface area contributed by atoms with Crippen LogP contribution in [-0.4, -0.2) is 18.6 Å². The molecule has 0 fully saturated rings. The second-order valence-corrected chi connectivity index (χ2v) is 7.21. The fourth-order valence-electron chi connectivity index (χ4n) is 3.81. The molecule has 0 saturated heterocycles. The Labute approximate surface area is 169 Å². The van der Waals surface area contributed by atoms with Gasteiger partial charge in [0.15, 0.2) is 6.61 Å². The van der Waals surface area contributed by atoms with E-state index in [4.69, 9.17) is 4.74 Å².